The molecule has 0 bridgehead atoms. The summed E-state index contributed by atoms with van der Waals surface area (Å²) in [5.41, 5.74) is 0.411. The lowest BCUT2D eigenvalue weighted by Crippen LogP contribution is -2.40. The highest BCUT2D eigenvalue weighted by Gasteiger charge is 2.22. The summed E-state index contributed by atoms with van der Waals surface area (Å²) in [5.74, 6) is 0.638. The monoisotopic (exact) mass is 284 g/mol. The van der Waals surface area contributed by atoms with Crippen LogP contribution in [0.4, 0.5) is 5.69 Å². The molecular formula is C13H21ClN4O. The van der Waals surface area contributed by atoms with Crippen molar-refractivity contribution in [3.63, 3.8) is 0 Å². The average Bonchev–Trinajstić information content (AvgIpc) is 2.40. The molecule has 5 nitrogen and oxygen atoms in total. The van der Waals surface area contributed by atoms with Crippen molar-refractivity contribution >= 4 is 17.3 Å². The predicted molar refractivity (Wildman–Crippen MR) is 77.9 cm³/mol. The van der Waals surface area contributed by atoms with Gasteiger partial charge in [0.2, 0.25) is 0 Å². The third-order valence-corrected chi connectivity index (χ3v) is 3.99. The zero-order valence-electron chi connectivity index (χ0n) is 11.4. The standard InChI is InChI=1S/C13H21ClN4O/c1-9(2)18(8-10-3-5-15-6-4-10)11-7-16-17-13(19)12(11)14/h7,9-10,15H,3-6,8H2,1-2H3,(H,17,19). The zero-order valence-corrected chi connectivity index (χ0v) is 12.2. The molecule has 1 aliphatic heterocycles. The van der Waals surface area contributed by atoms with Crippen LogP contribution in [0.25, 0.3) is 0 Å². The van der Waals surface area contributed by atoms with Crippen LogP contribution in [0.1, 0.15) is 26.7 Å². The molecule has 0 aliphatic carbocycles. The molecule has 2 N–H and O–H groups in total. The molecule has 0 aromatic carbocycles. The third-order valence-electron chi connectivity index (χ3n) is 3.62. The van der Waals surface area contributed by atoms with Gasteiger partial charge in [-0.15, -0.1) is 0 Å². The Kier molecular flexibility index (Phi) is 4.82. The molecule has 1 fully saturated rings. The van der Waals surface area contributed by atoms with E-state index in [1.165, 1.54) is 0 Å². The van der Waals surface area contributed by atoms with Gasteiger partial charge in [0, 0.05) is 12.6 Å². The van der Waals surface area contributed by atoms with Crippen LogP contribution in [0, 0.1) is 5.92 Å². The molecule has 1 aromatic heterocycles. The Bertz CT molecular complexity index is 468. The van der Waals surface area contributed by atoms with Crippen LogP contribution in [-0.2, 0) is 0 Å². The molecule has 0 unspecified atom stereocenters. The number of piperidine rings is 1. The Hall–Kier alpha value is -1.07. The molecular weight excluding hydrogens is 264 g/mol. The Morgan fingerprint density at radius 3 is 2.79 bits per heavy atom. The first-order chi connectivity index (χ1) is 9.09. The van der Waals surface area contributed by atoms with Crippen molar-refractivity contribution in [2.45, 2.75) is 32.7 Å². The van der Waals surface area contributed by atoms with Gasteiger partial charge < -0.3 is 10.2 Å². The van der Waals surface area contributed by atoms with Crippen LogP contribution >= 0.6 is 11.6 Å². The molecule has 0 radical (unpaired) electrons. The number of aromatic amines is 1. The molecule has 1 aromatic rings. The van der Waals surface area contributed by atoms with Gasteiger partial charge in [0.05, 0.1) is 11.9 Å². The lowest BCUT2D eigenvalue weighted by atomic mass is 9.97. The van der Waals surface area contributed by atoms with Gasteiger partial charge in [0.25, 0.3) is 5.56 Å². The van der Waals surface area contributed by atoms with E-state index in [9.17, 15) is 4.79 Å². The minimum absolute atomic E-state index is 0.234. The molecule has 1 aliphatic rings. The van der Waals surface area contributed by atoms with E-state index in [2.05, 4.69) is 34.3 Å². The number of hydrogen-bond acceptors (Lipinski definition) is 4. The predicted octanol–water partition coefficient (Wildman–Crippen LogP) is 1.64. The number of rotatable bonds is 4. The van der Waals surface area contributed by atoms with Gasteiger partial charge in [-0.25, -0.2) is 5.10 Å². The molecule has 6 heteroatoms. The number of nitrogens with zero attached hydrogens (tertiary/aromatic N) is 2. The van der Waals surface area contributed by atoms with Crippen molar-refractivity contribution in [1.82, 2.24) is 15.5 Å². The number of H-pyrrole nitrogens is 1. The van der Waals surface area contributed by atoms with Crippen LogP contribution in [0.5, 0.6) is 0 Å². The molecule has 0 spiro atoms. The Morgan fingerprint density at radius 1 is 1.47 bits per heavy atom. The van der Waals surface area contributed by atoms with Gasteiger partial charge in [-0.05, 0) is 45.7 Å². The minimum Gasteiger partial charge on any atom is -0.366 e. The fourth-order valence-electron chi connectivity index (χ4n) is 2.50. The Labute approximate surface area is 118 Å². The fraction of sp³-hybridized carbons (Fsp3) is 0.692. The van der Waals surface area contributed by atoms with E-state index in [-0.39, 0.29) is 16.6 Å². The van der Waals surface area contributed by atoms with E-state index < -0.39 is 0 Å². The summed E-state index contributed by atoms with van der Waals surface area (Å²) in [5, 5.41) is 9.83. The highest BCUT2D eigenvalue weighted by molar-refractivity contribution is 6.33. The van der Waals surface area contributed by atoms with Crippen molar-refractivity contribution in [1.29, 1.82) is 0 Å². The second kappa shape index (κ2) is 6.39. The van der Waals surface area contributed by atoms with Gasteiger partial charge >= 0.3 is 0 Å². The van der Waals surface area contributed by atoms with E-state index in [4.69, 9.17) is 11.6 Å². The quantitative estimate of drug-likeness (QED) is 0.882. The molecule has 19 heavy (non-hydrogen) atoms. The van der Waals surface area contributed by atoms with E-state index in [0.29, 0.717) is 5.92 Å². The van der Waals surface area contributed by atoms with Crippen molar-refractivity contribution in [2.24, 2.45) is 5.92 Å². The summed E-state index contributed by atoms with van der Waals surface area (Å²) in [6.07, 6.45) is 3.97. The van der Waals surface area contributed by atoms with Crippen LogP contribution in [-0.4, -0.2) is 35.9 Å². The van der Waals surface area contributed by atoms with E-state index in [1.54, 1.807) is 6.20 Å². The maximum Gasteiger partial charge on any atom is 0.285 e. The maximum absolute atomic E-state index is 11.6. The normalized spacial score (nSPS) is 16.8. The van der Waals surface area contributed by atoms with Crippen molar-refractivity contribution in [2.75, 3.05) is 24.5 Å². The molecule has 0 amide bonds. The highest BCUT2D eigenvalue weighted by atomic mass is 35.5. The Morgan fingerprint density at radius 2 is 2.16 bits per heavy atom. The first-order valence-corrected chi connectivity index (χ1v) is 7.18. The van der Waals surface area contributed by atoms with Gasteiger partial charge in [0.15, 0.2) is 0 Å². The first-order valence-electron chi connectivity index (χ1n) is 6.80. The zero-order chi connectivity index (χ0) is 13.8. The summed E-state index contributed by atoms with van der Waals surface area (Å²) in [7, 11) is 0. The van der Waals surface area contributed by atoms with Crippen LogP contribution in [0.3, 0.4) is 0 Å². The molecule has 0 atom stereocenters. The lowest BCUT2D eigenvalue weighted by molar-refractivity contribution is 0.367. The largest absolute Gasteiger partial charge is 0.366 e. The van der Waals surface area contributed by atoms with Gasteiger partial charge in [-0.3, -0.25) is 4.79 Å². The van der Waals surface area contributed by atoms with Crippen LogP contribution in [0.2, 0.25) is 5.02 Å². The molecule has 2 rings (SSSR count). The van der Waals surface area contributed by atoms with Gasteiger partial charge in [-0.2, -0.15) is 5.10 Å². The second-order valence-electron chi connectivity index (χ2n) is 5.34. The molecule has 0 saturated carbocycles. The van der Waals surface area contributed by atoms with Crippen LogP contribution in [0.15, 0.2) is 11.0 Å². The van der Waals surface area contributed by atoms with E-state index in [0.717, 1.165) is 38.2 Å². The van der Waals surface area contributed by atoms with Crippen molar-refractivity contribution < 1.29 is 0 Å². The number of hydrogen-bond donors (Lipinski definition) is 2. The summed E-state index contributed by atoms with van der Waals surface area (Å²) >= 11 is 6.11. The van der Waals surface area contributed by atoms with E-state index >= 15 is 0 Å². The highest BCUT2D eigenvalue weighted by Crippen LogP contribution is 2.25. The fourth-order valence-corrected chi connectivity index (χ4v) is 2.70. The minimum atomic E-state index is -0.324. The molecule has 106 valence electrons. The number of halogens is 1. The third kappa shape index (κ3) is 3.48. The summed E-state index contributed by atoms with van der Waals surface area (Å²) in [6, 6.07) is 0.288. The van der Waals surface area contributed by atoms with Crippen LogP contribution < -0.4 is 15.8 Å². The summed E-state index contributed by atoms with van der Waals surface area (Å²) in [6.45, 7) is 7.28. The number of anilines is 1. The number of aromatic nitrogens is 2. The lowest BCUT2D eigenvalue weighted by Gasteiger charge is -2.34. The van der Waals surface area contributed by atoms with Crippen molar-refractivity contribution in [3.05, 3.63) is 21.6 Å². The second-order valence-corrected chi connectivity index (χ2v) is 5.72. The average molecular weight is 285 g/mol. The summed E-state index contributed by atoms with van der Waals surface area (Å²) in [4.78, 5) is 13.8. The number of nitrogens with one attached hydrogen (secondary N) is 2. The molecule has 1 saturated heterocycles. The van der Waals surface area contributed by atoms with Gasteiger partial charge in [-0.1, -0.05) is 11.6 Å². The first kappa shape index (κ1) is 14.3. The molecule has 2 heterocycles. The SMILES string of the molecule is CC(C)N(CC1CCNCC1)c1cn[nH]c(=O)c1Cl. The topological polar surface area (TPSA) is 61.0 Å². The van der Waals surface area contributed by atoms with E-state index in [1.807, 2.05) is 0 Å². The smallest absolute Gasteiger partial charge is 0.285 e. The maximum atomic E-state index is 11.6. The summed E-state index contributed by atoms with van der Waals surface area (Å²) < 4.78 is 0. The van der Waals surface area contributed by atoms with Gasteiger partial charge in [0.1, 0.15) is 5.02 Å². The van der Waals surface area contributed by atoms with Crippen molar-refractivity contribution in [3.8, 4) is 0 Å². The Balaban J connectivity index is 2.19.